The first kappa shape index (κ1) is 16.5. The molecule has 6 rings (SSSR count). The van der Waals surface area contributed by atoms with Gasteiger partial charge in [-0.05, 0) is 53.3 Å². The maximum absolute atomic E-state index is 4.88. The summed E-state index contributed by atoms with van der Waals surface area (Å²) < 4.78 is 0. The van der Waals surface area contributed by atoms with Crippen LogP contribution in [0.25, 0.3) is 11.3 Å². The van der Waals surface area contributed by atoms with Crippen molar-refractivity contribution in [2.75, 3.05) is 0 Å². The monoisotopic (exact) mass is 495 g/mol. The molecule has 4 aliphatic carbocycles. The summed E-state index contributed by atoms with van der Waals surface area (Å²) in [6.07, 6.45) is 9.84. The van der Waals surface area contributed by atoms with Gasteiger partial charge >= 0.3 is 0 Å². The molecule has 4 aliphatic rings. The van der Waals surface area contributed by atoms with Gasteiger partial charge in [0.1, 0.15) is 0 Å². The van der Waals surface area contributed by atoms with Crippen LogP contribution in [0.3, 0.4) is 0 Å². The van der Waals surface area contributed by atoms with Crippen molar-refractivity contribution in [3.05, 3.63) is 52.7 Å². The van der Waals surface area contributed by atoms with Crippen molar-refractivity contribution in [1.29, 1.82) is 0 Å². The molecule has 1 heterocycles. The standard InChI is InChI=1S/C22H24N.Ir/c1-22(2)16-10-15-11-21(23-13-19(15)20(22)12-16)18-9-5-7-14-6-3-4-8-17(14)18;/h5,7,11,13,16,20H,3-4,6,8,10,12H2,1-2H3;/q-1;. The topological polar surface area (TPSA) is 12.9 Å². The summed E-state index contributed by atoms with van der Waals surface area (Å²) in [5, 5.41) is 0. The first-order valence-corrected chi connectivity index (χ1v) is 9.16. The van der Waals surface area contributed by atoms with E-state index in [9.17, 15) is 0 Å². The van der Waals surface area contributed by atoms with Gasteiger partial charge < -0.3 is 4.98 Å². The summed E-state index contributed by atoms with van der Waals surface area (Å²) >= 11 is 0. The largest absolute Gasteiger partial charge is 0.304 e. The smallest absolute Gasteiger partial charge is 0.0198 e. The Labute approximate surface area is 158 Å². The normalized spacial score (nSPS) is 25.8. The van der Waals surface area contributed by atoms with E-state index in [2.05, 4.69) is 44.3 Å². The van der Waals surface area contributed by atoms with Gasteiger partial charge in [0.05, 0.1) is 0 Å². The minimum atomic E-state index is 0. The van der Waals surface area contributed by atoms with Gasteiger partial charge in [0.2, 0.25) is 0 Å². The van der Waals surface area contributed by atoms with E-state index in [1.165, 1.54) is 60.8 Å². The van der Waals surface area contributed by atoms with E-state index in [1.54, 1.807) is 5.56 Å². The Balaban J connectivity index is 0.00000146. The third-order valence-corrected chi connectivity index (χ3v) is 6.92. The molecule has 0 saturated heterocycles. The zero-order chi connectivity index (χ0) is 15.6. The predicted octanol–water partition coefficient (Wildman–Crippen LogP) is 5.11. The molecule has 24 heavy (non-hydrogen) atoms. The van der Waals surface area contributed by atoms with E-state index < -0.39 is 0 Å². The third-order valence-electron chi connectivity index (χ3n) is 6.92. The van der Waals surface area contributed by atoms with Gasteiger partial charge in [-0.3, -0.25) is 0 Å². The molecule has 2 atom stereocenters. The minimum Gasteiger partial charge on any atom is -0.304 e. The van der Waals surface area contributed by atoms with Gasteiger partial charge in [-0.25, -0.2) is 0 Å². The fourth-order valence-electron chi connectivity index (χ4n) is 5.23. The Morgan fingerprint density at radius 2 is 2.00 bits per heavy atom. The zero-order valence-electron chi connectivity index (χ0n) is 14.5. The number of aromatic nitrogens is 1. The van der Waals surface area contributed by atoms with Crippen LogP contribution < -0.4 is 0 Å². The maximum atomic E-state index is 4.88. The number of rotatable bonds is 1. The van der Waals surface area contributed by atoms with E-state index in [1.807, 2.05) is 0 Å². The fourth-order valence-corrected chi connectivity index (χ4v) is 5.23. The average molecular weight is 495 g/mol. The van der Waals surface area contributed by atoms with Crippen LogP contribution in [0.2, 0.25) is 0 Å². The van der Waals surface area contributed by atoms with E-state index >= 15 is 0 Å². The fraction of sp³-hybridized carbons (Fsp3) is 0.500. The van der Waals surface area contributed by atoms with Crippen LogP contribution in [0.5, 0.6) is 0 Å². The quantitative estimate of drug-likeness (QED) is 0.502. The molecule has 1 saturated carbocycles. The molecule has 2 bridgehead atoms. The molecule has 0 amide bonds. The second-order valence-electron chi connectivity index (χ2n) is 8.34. The van der Waals surface area contributed by atoms with Gasteiger partial charge in [-0.15, -0.1) is 34.9 Å². The molecule has 1 fully saturated rings. The van der Waals surface area contributed by atoms with Crippen molar-refractivity contribution >= 4 is 0 Å². The number of hydrogen-bond donors (Lipinski definition) is 0. The zero-order valence-corrected chi connectivity index (χ0v) is 16.9. The molecule has 1 radical (unpaired) electrons. The van der Waals surface area contributed by atoms with Crippen LogP contribution in [0, 0.1) is 17.4 Å². The van der Waals surface area contributed by atoms with Crippen LogP contribution in [0.15, 0.2) is 24.4 Å². The second kappa shape index (κ2) is 5.78. The summed E-state index contributed by atoms with van der Waals surface area (Å²) in [6, 6.07) is 10.2. The van der Waals surface area contributed by atoms with E-state index in [0.29, 0.717) is 5.41 Å². The molecular formula is C22H24IrN-. The summed E-state index contributed by atoms with van der Waals surface area (Å²) in [7, 11) is 0. The Morgan fingerprint density at radius 1 is 1.17 bits per heavy atom. The van der Waals surface area contributed by atoms with Crippen molar-refractivity contribution in [2.24, 2.45) is 11.3 Å². The van der Waals surface area contributed by atoms with Crippen LogP contribution in [-0.4, -0.2) is 4.98 Å². The number of fused-ring (bicyclic) bond motifs is 1. The SMILES string of the molecule is CC1(C)C2Cc3cc(-c4[c-]ccc5c4CCCC5)ncc3C1C2.[Ir]. The van der Waals surface area contributed by atoms with Gasteiger partial charge in [-0.1, -0.05) is 39.2 Å². The molecule has 1 aromatic heterocycles. The van der Waals surface area contributed by atoms with E-state index in [4.69, 9.17) is 4.98 Å². The van der Waals surface area contributed by atoms with Crippen LogP contribution in [-0.2, 0) is 39.4 Å². The van der Waals surface area contributed by atoms with Crippen molar-refractivity contribution in [1.82, 2.24) is 4.98 Å². The second-order valence-corrected chi connectivity index (χ2v) is 8.34. The van der Waals surface area contributed by atoms with Crippen LogP contribution in [0.4, 0.5) is 0 Å². The number of nitrogens with zero attached hydrogens (tertiary/aromatic N) is 1. The Morgan fingerprint density at radius 3 is 2.83 bits per heavy atom. The van der Waals surface area contributed by atoms with Crippen LogP contribution in [0.1, 0.15) is 61.3 Å². The van der Waals surface area contributed by atoms with Crippen molar-refractivity contribution < 1.29 is 20.1 Å². The minimum absolute atomic E-state index is 0. The number of aryl methyl sites for hydroxylation is 1. The molecule has 2 aromatic rings. The van der Waals surface area contributed by atoms with Gasteiger partial charge in [0.15, 0.2) is 0 Å². The van der Waals surface area contributed by atoms with Gasteiger partial charge in [0.25, 0.3) is 0 Å². The summed E-state index contributed by atoms with van der Waals surface area (Å²) in [6.45, 7) is 4.87. The van der Waals surface area contributed by atoms with Gasteiger partial charge in [-0.2, -0.15) is 0 Å². The predicted molar refractivity (Wildman–Crippen MR) is 93.5 cm³/mol. The molecule has 0 aliphatic heterocycles. The Hall–Kier alpha value is -0.981. The number of pyridine rings is 1. The summed E-state index contributed by atoms with van der Waals surface area (Å²) in [5.41, 5.74) is 9.00. The molecule has 0 spiro atoms. The molecule has 2 unspecified atom stereocenters. The third kappa shape index (κ3) is 2.26. The van der Waals surface area contributed by atoms with Crippen molar-refractivity contribution in [2.45, 2.75) is 58.3 Å². The molecular weight excluding hydrogens is 470 g/mol. The molecule has 1 nitrogen and oxygen atoms in total. The summed E-state index contributed by atoms with van der Waals surface area (Å²) in [5.74, 6) is 1.59. The van der Waals surface area contributed by atoms with Crippen LogP contribution >= 0.6 is 0 Å². The number of hydrogen-bond acceptors (Lipinski definition) is 1. The number of benzene rings is 1. The van der Waals surface area contributed by atoms with E-state index in [-0.39, 0.29) is 20.1 Å². The Kier molecular flexibility index (Phi) is 3.97. The van der Waals surface area contributed by atoms with Crippen molar-refractivity contribution in [3.63, 3.8) is 0 Å². The Bertz CT molecular complexity index is 793. The molecule has 0 N–H and O–H groups in total. The molecule has 127 valence electrons. The summed E-state index contributed by atoms with van der Waals surface area (Å²) in [4.78, 5) is 4.88. The first-order valence-electron chi connectivity index (χ1n) is 9.16. The average Bonchev–Trinajstić information content (AvgIpc) is 2.60. The molecule has 2 heteroatoms. The maximum Gasteiger partial charge on any atom is 0.0198 e. The van der Waals surface area contributed by atoms with Gasteiger partial charge in [0, 0.05) is 26.3 Å². The van der Waals surface area contributed by atoms with E-state index in [0.717, 1.165) is 17.5 Å². The van der Waals surface area contributed by atoms with Crippen molar-refractivity contribution in [3.8, 4) is 11.3 Å². The first-order chi connectivity index (χ1) is 11.1. The molecule has 1 aromatic carbocycles.